The lowest BCUT2D eigenvalue weighted by Crippen LogP contribution is -2.35. The van der Waals surface area contributed by atoms with E-state index >= 15 is 0 Å². The molecule has 0 spiro atoms. The molecular weight excluding hydrogens is 360 g/mol. The third-order valence-corrected chi connectivity index (χ3v) is 7.24. The van der Waals surface area contributed by atoms with Gasteiger partial charge < -0.3 is 5.32 Å². The molecule has 0 bridgehead atoms. The molecule has 1 aromatic carbocycles. The first-order valence-corrected chi connectivity index (χ1v) is 10.8. The van der Waals surface area contributed by atoms with Gasteiger partial charge in [0.05, 0.1) is 5.02 Å². The predicted octanol–water partition coefficient (Wildman–Crippen LogP) is 3.82. The SMILES string of the molecule is CCN(CC)S(=O)(=O)c1cc(C(=O)NC2CCCCCC2)ccc1Cl. The van der Waals surface area contributed by atoms with Gasteiger partial charge in [-0.2, -0.15) is 4.31 Å². The summed E-state index contributed by atoms with van der Waals surface area (Å²) in [7, 11) is -3.71. The Morgan fingerprint density at radius 1 is 1.16 bits per heavy atom. The Bertz CT molecular complexity index is 694. The molecule has 25 heavy (non-hydrogen) atoms. The third-order valence-electron chi connectivity index (χ3n) is 4.71. The Kier molecular flexibility index (Phi) is 7.28. The Morgan fingerprint density at radius 2 is 1.76 bits per heavy atom. The molecule has 0 heterocycles. The number of rotatable bonds is 6. The van der Waals surface area contributed by atoms with Crippen LogP contribution in [0.2, 0.25) is 5.02 Å². The van der Waals surface area contributed by atoms with Gasteiger partial charge in [0.1, 0.15) is 4.90 Å². The number of carbonyl (C=O) groups excluding carboxylic acids is 1. The maximum absolute atomic E-state index is 12.7. The summed E-state index contributed by atoms with van der Waals surface area (Å²) in [6.45, 7) is 4.26. The van der Waals surface area contributed by atoms with E-state index in [0.717, 1.165) is 25.7 Å². The average molecular weight is 387 g/mol. The van der Waals surface area contributed by atoms with Crippen molar-refractivity contribution in [3.63, 3.8) is 0 Å². The minimum absolute atomic E-state index is 0.00798. The van der Waals surface area contributed by atoms with Gasteiger partial charge in [0.2, 0.25) is 10.0 Å². The first kappa shape index (κ1) is 20.2. The van der Waals surface area contributed by atoms with Crippen LogP contribution in [0.1, 0.15) is 62.7 Å². The van der Waals surface area contributed by atoms with E-state index in [1.165, 1.54) is 29.3 Å². The minimum Gasteiger partial charge on any atom is -0.349 e. The lowest BCUT2D eigenvalue weighted by atomic mass is 10.1. The van der Waals surface area contributed by atoms with Gasteiger partial charge in [-0.05, 0) is 31.0 Å². The molecule has 2 rings (SSSR count). The number of carbonyl (C=O) groups is 1. The molecule has 0 atom stereocenters. The molecule has 0 saturated heterocycles. The summed E-state index contributed by atoms with van der Waals surface area (Å²) >= 11 is 6.12. The Labute approximate surface area is 155 Å². The fraction of sp³-hybridized carbons (Fsp3) is 0.611. The standard InChI is InChI=1S/C18H27ClN2O3S/c1-3-21(4-2)25(23,24)17-13-14(11-12-16(17)19)18(22)20-15-9-7-5-6-8-10-15/h11-13,15H,3-10H2,1-2H3,(H,20,22). The van der Waals surface area contributed by atoms with Crippen LogP contribution in [0, 0.1) is 0 Å². The van der Waals surface area contributed by atoms with Crippen molar-refractivity contribution >= 4 is 27.5 Å². The predicted molar refractivity (Wildman–Crippen MR) is 101 cm³/mol. The highest BCUT2D eigenvalue weighted by Gasteiger charge is 2.26. The van der Waals surface area contributed by atoms with Gasteiger partial charge in [-0.3, -0.25) is 4.79 Å². The molecule has 0 aliphatic heterocycles. The lowest BCUT2D eigenvalue weighted by Gasteiger charge is -2.20. The monoisotopic (exact) mass is 386 g/mol. The summed E-state index contributed by atoms with van der Waals surface area (Å²) in [5.74, 6) is -0.237. The minimum atomic E-state index is -3.71. The second kappa shape index (κ2) is 9.01. The van der Waals surface area contributed by atoms with Gasteiger partial charge in [0.25, 0.3) is 5.91 Å². The van der Waals surface area contributed by atoms with Gasteiger partial charge in [0.15, 0.2) is 0 Å². The third kappa shape index (κ3) is 4.96. The maximum atomic E-state index is 12.7. The molecule has 1 fully saturated rings. The van der Waals surface area contributed by atoms with Crippen LogP contribution in [0.3, 0.4) is 0 Å². The van der Waals surface area contributed by atoms with Gasteiger partial charge in [-0.25, -0.2) is 8.42 Å². The zero-order chi connectivity index (χ0) is 18.4. The van der Waals surface area contributed by atoms with Crippen LogP contribution in [-0.2, 0) is 10.0 Å². The Hall–Kier alpha value is -1.11. The normalized spacial score (nSPS) is 16.6. The van der Waals surface area contributed by atoms with Crippen molar-refractivity contribution in [1.29, 1.82) is 0 Å². The van der Waals surface area contributed by atoms with Crippen LogP contribution < -0.4 is 5.32 Å². The van der Waals surface area contributed by atoms with Crippen LogP contribution >= 0.6 is 11.6 Å². The average Bonchev–Trinajstić information content (AvgIpc) is 2.84. The number of nitrogens with zero attached hydrogens (tertiary/aromatic N) is 1. The number of benzene rings is 1. The first-order valence-electron chi connectivity index (χ1n) is 9.00. The molecule has 1 amide bonds. The highest BCUT2D eigenvalue weighted by molar-refractivity contribution is 7.89. The van der Waals surface area contributed by atoms with E-state index in [4.69, 9.17) is 11.6 Å². The van der Waals surface area contributed by atoms with Crippen molar-refractivity contribution in [2.45, 2.75) is 63.3 Å². The zero-order valence-corrected chi connectivity index (χ0v) is 16.5. The molecule has 1 saturated carbocycles. The number of hydrogen-bond donors (Lipinski definition) is 1. The summed E-state index contributed by atoms with van der Waals surface area (Å²) in [6, 6.07) is 4.62. The number of amides is 1. The van der Waals surface area contributed by atoms with Gasteiger partial charge in [-0.1, -0.05) is 51.1 Å². The fourth-order valence-electron chi connectivity index (χ4n) is 3.24. The van der Waals surface area contributed by atoms with E-state index in [1.54, 1.807) is 19.9 Å². The second-order valence-corrected chi connectivity index (χ2v) is 8.71. The number of sulfonamides is 1. The van der Waals surface area contributed by atoms with Crippen molar-refractivity contribution in [3.8, 4) is 0 Å². The summed E-state index contributed by atoms with van der Waals surface area (Å²) in [4.78, 5) is 12.6. The molecule has 1 aliphatic rings. The summed E-state index contributed by atoms with van der Waals surface area (Å²) in [6.07, 6.45) is 6.60. The summed E-state index contributed by atoms with van der Waals surface area (Å²) in [5.41, 5.74) is 0.333. The smallest absolute Gasteiger partial charge is 0.251 e. The molecule has 1 aromatic rings. The second-order valence-electron chi connectivity index (χ2n) is 6.40. The number of nitrogens with one attached hydrogen (secondary N) is 1. The fourth-order valence-corrected chi connectivity index (χ4v) is 5.20. The maximum Gasteiger partial charge on any atom is 0.251 e. The van der Waals surface area contributed by atoms with E-state index in [-0.39, 0.29) is 21.9 Å². The topological polar surface area (TPSA) is 66.5 Å². The van der Waals surface area contributed by atoms with Gasteiger partial charge >= 0.3 is 0 Å². The van der Waals surface area contributed by atoms with Crippen LogP contribution in [-0.4, -0.2) is 37.8 Å². The molecule has 0 unspecified atom stereocenters. The van der Waals surface area contributed by atoms with Crippen molar-refractivity contribution < 1.29 is 13.2 Å². The highest BCUT2D eigenvalue weighted by Crippen LogP contribution is 2.26. The van der Waals surface area contributed by atoms with Crippen molar-refractivity contribution in [2.75, 3.05) is 13.1 Å². The van der Waals surface area contributed by atoms with Gasteiger partial charge in [0, 0.05) is 24.7 Å². The van der Waals surface area contributed by atoms with Crippen LogP contribution in [0.25, 0.3) is 0 Å². The van der Waals surface area contributed by atoms with Crippen LogP contribution in [0.5, 0.6) is 0 Å². The molecular formula is C18H27ClN2O3S. The van der Waals surface area contributed by atoms with Gasteiger partial charge in [-0.15, -0.1) is 0 Å². The van der Waals surface area contributed by atoms with Crippen LogP contribution in [0.4, 0.5) is 0 Å². The van der Waals surface area contributed by atoms with Crippen molar-refractivity contribution in [2.24, 2.45) is 0 Å². The van der Waals surface area contributed by atoms with Crippen LogP contribution in [0.15, 0.2) is 23.1 Å². The van der Waals surface area contributed by atoms with E-state index in [9.17, 15) is 13.2 Å². The Balaban J connectivity index is 2.24. The number of halogens is 1. The molecule has 0 radical (unpaired) electrons. The lowest BCUT2D eigenvalue weighted by molar-refractivity contribution is 0.0933. The molecule has 1 aliphatic carbocycles. The molecule has 0 aromatic heterocycles. The van der Waals surface area contributed by atoms with Crippen molar-refractivity contribution in [3.05, 3.63) is 28.8 Å². The molecule has 140 valence electrons. The number of hydrogen-bond acceptors (Lipinski definition) is 3. The summed E-state index contributed by atoms with van der Waals surface area (Å²) in [5, 5.41) is 3.18. The zero-order valence-electron chi connectivity index (χ0n) is 14.9. The highest BCUT2D eigenvalue weighted by atomic mass is 35.5. The van der Waals surface area contributed by atoms with E-state index < -0.39 is 10.0 Å². The van der Waals surface area contributed by atoms with E-state index in [0.29, 0.717) is 18.7 Å². The Morgan fingerprint density at radius 3 is 2.32 bits per heavy atom. The first-order chi connectivity index (χ1) is 11.9. The summed E-state index contributed by atoms with van der Waals surface area (Å²) < 4.78 is 26.8. The van der Waals surface area contributed by atoms with Crippen molar-refractivity contribution in [1.82, 2.24) is 9.62 Å². The van der Waals surface area contributed by atoms with E-state index in [2.05, 4.69) is 5.32 Å². The molecule has 7 heteroatoms. The molecule has 5 nitrogen and oxygen atoms in total. The quantitative estimate of drug-likeness (QED) is 0.755. The van der Waals surface area contributed by atoms with E-state index in [1.807, 2.05) is 0 Å². The largest absolute Gasteiger partial charge is 0.349 e. The molecule has 1 N–H and O–H groups in total.